The molecule has 2 fully saturated rings. The van der Waals surface area contributed by atoms with Gasteiger partial charge in [0.2, 0.25) is 0 Å². The van der Waals surface area contributed by atoms with Crippen LogP contribution in [0.4, 0.5) is 0 Å². The van der Waals surface area contributed by atoms with Crippen molar-refractivity contribution in [3.05, 3.63) is 35.9 Å². The molecule has 0 aromatic heterocycles. The Morgan fingerprint density at radius 3 is 2.58 bits per heavy atom. The molecular formula is C18H22O8. The van der Waals surface area contributed by atoms with Crippen LogP contribution in [0.2, 0.25) is 0 Å². The average Bonchev–Trinajstić information content (AvgIpc) is 3.06. The minimum absolute atomic E-state index is 0.289. The van der Waals surface area contributed by atoms with Crippen molar-refractivity contribution in [1.82, 2.24) is 0 Å². The molecule has 0 aliphatic carbocycles. The number of aliphatic hydroxyl groups is 1. The Morgan fingerprint density at radius 2 is 1.92 bits per heavy atom. The fourth-order valence-corrected chi connectivity index (χ4v) is 3.01. The molecule has 142 valence electrons. The van der Waals surface area contributed by atoms with Crippen LogP contribution in [0.1, 0.15) is 31.1 Å². The molecule has 26 heavy (non-hydrogen) atoms. The van der Waals surface area contributed by atoms with E-state index in [0.717, 1.165) is 0 Å². The van der Waals surface area contributed by atoms with Crippen LogP contribution >= 0.6 is 0 Å². The van der Waals surface area contributed by atoms with E-state index in [2.05, 4.69) is 0 Å². The Kier molecular flexibility index (Phi) is 5.29. The molecule has 0 amide bonds. The molecule has 5 atom stereocenters. The van der Waals surface area contributed by atoms with Gasteiger partial charge < -0.3 is 28.8 Å². The quantitative estimate of drug-likeness (QED) is 0.771. The Labute approximate surface area is 150 Å². The van der Waals surface area contributed by atoms with E-state index in [0.29, 0.717) is 5.56 Å². The highest BCUT2D eigenvalue weighted by Gasteiger charge is 2.58. The fourth-order valence-electron chi connectivity index (χ4n) is 3.01. The zero-order valence-corrected chi connectivity index (χ0v) is 14.8. The van der Waals surface area contributed by atoms with Gasteiger partial charge in [-0.1, -0.05) is 18.2 Å². The Hall–Kier alpha value is -2.00. The largest absolute Gasteiger partial charge is 0.463 e. The van der Waals surface area contributed by atoms with Crippen LogP contribution in [0, 0.1) is 0 Å². The molecule has 8 nitrogen and oxygen atoms in total. The lowest BCUT2D eigenvalue weighted by Crippen LogP contribution is -2.45. The van der Waals surface area contributed by atoms with Gasteiger partial charge in [0.05, 0.1) is 5.56 Å². The zero-order valence-electron chi connectivity index (χ0n) is 14.8. The monoisotopic (exact) mass is 366 g/mol. The van der Waals surface area contributed by atoms with E-state index >= 15 is 0 Å². The maximum Gasteiger partial charge on any atom is 0.338 e. The summed E-state index contributed by atoms with van der Waals surface area (Å²) in [6, 6.07) is 8.46. The molecule has 1 aromatic carbocycles. The summed E-state index contributed by atoms with van der Waals surface area (Å²) < 4.78 is 27.5. The van der Waals surface area contributed by atoms with Crippen molar-refractivity contribution < 1.29 is 38.4 Å². The van der Waals surface area contributed by atoms with Gasteiger partial charge >= 0.3 is 11.9 Å². The second-order valence-electron chi connectivity index (χ2n) is 6.68. The van der Waals surface area contributed by atoms with Crippen LogP contribution in [0.25, 0.3) is 0 Å². The van der Waals surface area contributed by atoms with Crippen LogP contribution in [0.15, 0.2) is 30.3 Å². The van der Waals surface area contributed by atoms with E-state index in [-0.39, 0.29) is 6.61 Å². The molecule has 0 bridgehead atoms. The maximum absolute atomic E-state index is 12.4. The second-order valence-corrected chi connectivity index (χ2v) is 6.68. The minimum atomic E-state index is -1.20. The minimum Gasteiger partial charge on any atom is -0.463 e. The van der Waals surface area contributed by atoms with Gasteiger partial charge in [-0.15, -0.1) is 0 Å². The second kappa shape index (κ2) is 7.32. The Morgan fingerprint density at radius 1 is 1.23 bits per heavy atom. The number of rotatable bonds is 5. The topological polar surface area (TPSA) is 101 Å². The summed E-state index contributed by atoms with van der Waals surface area (Å²) in [6.45, 7) is 4.38. The van der Waals surface area contributed by atoms with E-state index in [1.165, 1.54) is 6.92 Å². The third kappa shape index (κ3) is 4.04. The van der Waals surface area contributed by atoms with Crippen LogP contribution in [-0.4, -0.2) is 60.1 Å². The molecule has 0 radical (unpaired) electrons. The molecule has 2 heterocycles. The number of esters is 2. The van der Waals surface area contributed by atoms with Crippen molar-refractivity contribution in [2.45, 2.75) is 57.3 Å². The van der Waals surface area contributed by atoms with E-state index in [1.807, 2.05) is 0 Å². The summed E-state index contributed by atoms with van der Waals surface area (Å²) in [4.78, 5) is 23.4. The standard InChI is InChI=1S/C18H22O8/c1-10(19)22-9-12(20)13-14(15-17(24-13)26-18(2,3)25-15)23-16(21)11-7-5-4-6-8-11/h4-8,12-15,17,20H,9H2,1-3H3/t12-,13-,14+,15-,17-/m1/s1. The van der Waals surface area contributed by atoms with Gasteiger partial charge in [-0.2, -0.15) is 0 Å². The number of hydrogen-bond acceptors (Lipinski definition) is 8. The molecule has 1 N–H and O–H groups in total. The maximum atomic E-state index is 12.4. The van der Waals surface area contributed by atoms with Crippen molar-refractivity contribution in [2.24, 2.45) is 0 Å². The summed E-state index contributed by atoms with van der Waals surface area (Å²) in [5, 5.41) is 10.3. The number of carbonyl (C=O) groups excluding carboxylic acids is 2. The Bertz CT molecular complexity index is 658. The molecule has 3 rings (SSSR count). The number of carbonyl (C=O) groups is 2. The first-order valence-corrected chi connectivity index (χ1v) is 8.35. The van der Waals surface area contributed by atoms with E-state index in [1.54, 1.807) is 44.2 Å². The molecule has 2 aliphatic rings. The zero-order chi connectivity index (χ0) is 18.9. The van der Waals surface area contributed by atoms with Crippen molar-refractivity contribution in [1.29, 1.82) is 0 Å². The molecule has 2 saturated heterocycles. The van der Waals surface area contributed by atoms with Gasteiger partial charge in [-0.3, -0.25) is 4.79 Å². The number of hydrogen-bond donors (Lipinski definition) is 1. The first kappa shape index (κ1) is 18.8. The molecule has 2 aliphatic heterocycles. The van der Waals surface area contributed by atoms with Crippen molar-refractivity contribution in [3.8, 4) is 0 Å². The summed E-state index contributed by atoms with van der Waals surface area (Å²) in [6.07, 6.45) is -4.56. The number of aliphatic hydroxyl groups excluding tert-OH is 1. The number of fused-ring (bicyclic) bond motifs is 1. The van der Waals surface area contributed by atoms with Gasteiger partial charge in [0.15, 0.2) is 24.3 Å². The first-order valence-electron chi connectivity index (χ1n) is 8.35. The molecule has 0 unspecified atom stereocenters. The summed E-state index contributed by atoms with van der Waals surface area (Å²) in [7, 11) is 0. The third-order valence-electron chi connectivity index (χ3n) is 4.12. The van der Waals surface area contributed by atoms with Crippen molar-refractivity contribution in [2.75, 3.05) is 6.61 Å². The SMILES string of the molecule is CC(=O)OC[C@@H](O)[C@H]1O[C@@H]2OC(C)(C)O[C@@H]2[C@H]1OC(=O)c1ccccc1. The van der Waals surface area contributed by atoms with Crippen molar-refractivity contribution in [3.63, 3.8) is 0 Å². The molecule has 0 saturated carbocycles. The lowest BCUT2D eigenvalue weighted by atomic mass is 10.1. The highest BCUT2D eigenvalue weighted by atomic mass is 16.8. The first-order chi connectivity index (χ1) is 12.3. The highest BCUT2D eigenvalue weighted by Crippen LogP contribution is 2.40. The predicted octanol–water partition coefficient (Wildman–Crippen LogP) is 1.01. The van der Waals surface area contributed by atoms with Gasteiger partial charge in [0, 0.05) is 6.92 Å². The van der Waals surface area contributed by atoms with Crippen molar-refractivity contribution >= 4 is 11.9 Å². The van der Waals surface area contributed by atoms with Crippen LogP contribution in [0.3, 0.4) is 0 Å². The molecular weight excluding hydrogens is 344 g/mol. The van der Waals surface area contributed by atoms with Crippen LogP contribution in [-0.2, 0) is 28.5 Å². The Balaban J connectivity index is 1.76. The van der Waals surface area contributed by atoms with Gasteiger partial charge in [0.25, 0.3) is 0 Å². The van der Waals surface area contributed by atoms with E-state index in [9.17, 15) is 14.7 Å². The lowest BCUT2D eigenvalue weighted by molar-refractivity contribution is -0.228. The van der Waals surface area contributed by atoms with Gasteiger partial charge in [-0.25, -0.2) is 4.79 Å². The summed E-state index contributed by atoms with van der Waals surface area (Å²) in [5.74, 6) is -2.01. The third-order valence-corrected chi connectivity index (χ3v) is 4.12. The van der Waals surface area contributed by atoms with Gasteiger partial charge in [-0.05, 0) is 26.0 Å². The van der Waals surface area contributed by atoms with Gasteiger partial charge in [0.1, 0.15) is 18.8 Å². The average molecular weight is 366 g/mol. The summed E-state index contributed by atoms with van der Waals surface area (Å²) in [5.41, 5.74) is 0.363. The normalized spacial score (nSPS) is 30.5. The molecule has 0 spiro atoms. The molecule has 8 heteroatoms. The number of ether oxygens (including phenoxy) is 5. The predicted molar refractivity (Wildman–Crippen MR) is 87.0 cm³/mol. The van der Waals surface area contributed by atoms with Crippen LogP contribution in [0.5, 0.6) is 0 Å². The number of benzene rings is 1. The van der Waals surface area contributed by atoms with E-state index < -0.39 is 48.4 Å². The van der Waals surface area contributed by atoms with Crippen LogP contribution < -0.4 is 0 Å². The fraction of sp³-hybridized carbons (Fsp3) is 0.556. The highest BCUT2D eigenvalue weighted by molar-refractivity contribution is 5.89. The van der Waals surface area contributed by atoms with E-state index in [4.69, 9.17) is 23.7 Å². The smallest absolute Gasteiger partial charge is 0.338 e. The summed E-state index contributed by atoms with van der Waals surface area (Å²) >= 11 is 0. The lowest BCUT2D eigenvalue weighted by Gasteiger charge is -2.28. The molecule has 1 aromatic rings.